The van der Waals surface area contributed by atoms with Crippen molar-refractivity contribution in [2.75, 3.05) is 6.54 Å². The lowest BCUT2D eigenvalue weighted by Crippen LogP contribution is -2.19. The number of ether oxygens (including phenoxy) is 1. The minimum absolute atomic E-state index is 0.161. The van der Waals surface area contributed by atoms with Gasteiger partial charge < -0.3 is 10.5 Å². The highest BCUT2D eigenvalue weighted by atomic mass is 19.1. The summed E-state index contributed by atoms with van der Waals surface area (Å²) >= 11 is 0. The second kappa shape index (κ2) is 5.42. The van der Waals surface area contributed by atoms with Crippen LogP contribution in [0.25, 0.3) is 11.1 Å². The normalized spacial score (nSPS) is 10.1. The molecule has 0 radical (unpaired) electrons. The lowest BCUT2D eigenvalue weighted by Gasteiger charge is -2.05. The van der Waals surface area contributed by atoms with Gasteiger partial charge in [-0.1, -0.05) is 24.3 Å². The van der Waals surface area contributed by atoms with Crippen LogP contribution in [0, 0.1) is 5.82 Å². The Labute approximate surface area is 104 Å². The minimum Gasteiger partial charge on any atom is -0.426 e. The molecule has 2 rings (SSSR count). The van der Waals surface area contributed by atoms with Gasteiger partial charge in [0.1, 0.15) is 11.6 Å². The first-order valence-corrected chi connectivity index (χ1v) is 5.46. The minimum atomic E-state index is -0.492. The fraction of sp³-hybridized carbons (Fsp3) is 0.0714. The van der Waals surface area contributed by atoms with Gasteiger partial charge in [-0.05, 0) is 35.4 Å². The molecule has 0 bridgehead atoms. The SMILES string of the molecule is NCC(=O)Oc1ccc(-c2cccc(F)c2)cc1. The predicted octanol–water partition coefficient (Wildman–Crippen LogP) is 2.36. The Morgan fingerprint density at radius 2 is 1.83 bits per heavy atom. The lowest BCUT2D eigenvalue weighted by molar-refractivity contribution is -0.132. The van der Waals surface area contributed by atoms with E-state index in [2.05, 4.69) is 0 Å². The molecule has 0 heterocycles. The van der Waals surface area contributed by atoms with E-state index in [1.807, 2.05) is 6.07 Å². The zero-order valence-electron chi connectivity index (χ0n) is 9.60. The Kier molecular flexibility index (Phi) is 3.69. The molecular weight excluding hydrogens is 233 g/mol. The maximum absolute atomic E-state index is 13.1. The molecule has 92 valence electrons. The van der Waals surface area contributed by atoms with Crippen LogP contribution in [-0.2, 0) is 4.79 Å². The zero-order valence-corrected chi connectivity index (χ0v) is 9.60. The van der Waals surface area contributed by atoms with Gasteiger partial charge in [0.25, 0.3) is 0 Å². The van der Waals surface area contributed by atoms with Crippen LogP contribution in [-0.4, -0.2) is 12.5 Å². The smallest absolute Gasteiger partial charge is 0.325 e. The Hall–Kier alpha value is -2.20. The highest BCUT2D eigenvalue weighted by Crippen LogP contribution is 2.22. The Morgan fingerprint density at radius 1 is 1.11 bits per heavy atom. The predicted molar refractivity (Wildman–Crippen MR) is 66.5 cm³/mol. The molecular formula is C14H12FNO2. The number of rotatable bonds is 3. The topological polar surface area (TPSA) is 52.3 Å². The highest BCUT2D eigenvalue weighted by molar-refractivity contribution is 5.74. The number of benzene rings is 2. The molecule has 2 aromatic carbocycles. The summed E-state index contributed by atoms with van der Waals surface area (Å²) in [5, 5.41) is 0. The van der Waals surface area contributed by atoms with Crippen molar-refractivity contribution in [1.29, 1.82) is 0 Å². The summed E-state index contributed by atoms with van der Waals surface area (Å²) in [6, 6.07) is 13.1. The van der Waals surface area contributed by atoms with E-state index in [0.717, 1.165) is 11.1 Å². The summed E-state index contributed by atoms with van der Waals surface area (Å²) < 4.78 is 18.0. The van der Waals surface area contributed by atoms with Crippen molar-refractivity contribution >= 4 is 5.97 Å². The van der Waals surface area contributed by atoms with E-state index in [-0.39, 0.29) is 12.4 Å². The van der Waals surface area contributed by atoms with Gasteiger partial charge in [-0.15, -0.1) is 0 Å². The molecule has 0 fully saturated rings. The summed E-state index contributed by atoms with van der Waals surface area (Å²) in [4.78, 5) is 11.0. The van der Waals surface area contributed by atoms with Crippen LogP contribution < -0.4 is 10.5 Å². The van der Waals surface area contributed by atoms with Gasteiger partial charge in [0, 0.05) is 0 Å². The first-order valence-electron chi connectivity index (χ1n) is 5.46. The van der Waals surface area contributed by atoms with Gasteiger partial charge >= 0.3 is 5.97 Å². The molecule has 0 saturated heterocycles. The molecule has 0 aliphatic carbocycles. The third-order valence-corrected chi connectivity index (χ3v) is 2.41. The Balaban J connectivity index is 2.19. The van der Waals surface area contributed by atoms with E-state index in [0.29, 0.717) is 5.75 Å². The summed E-state index contributed by atoms with van der Waals surface area (Å²) in [6.45, 7) is -0.161. The summed E-state index contributed by atoms with van der Waals surface area (Å²) in [6.07, 6.45) is 0. The highest BCUT2D eigenvalue weighted by Gasteiger charge is 2.03. The van der Waals surface area contributed by atoms with Crippen molar-refractivity contribution in [1.82, 2.24) is 0 Å². The monoisotopic (exact) mass is 245 g/mol. The number of hydrogen-bond acceptors (Lipinski definition) is 3. The number of carbonyl (C=O) groups excluding carboxylic acids is 1. The number of halogens is 1. The van der Waals surface area contributed by atoms with E-state index in [1.54, 1.807) is 30.3 Å². The number of nitrogens with two attached hydrogens (primary N) is 1. The third-order valence-electron chi connectivity index (χ3n) is 2.41. The summed E-state index contributed by atoms with van der Waals surface area (Å²) in [7, 11) is 0. The van der Waals surface area contributed by atoms with Crippen molar-refractivity contribution in [2.45, 2.75) is 0 Å². The molecule has 0 saturated carbocycles. The number of carbonyl (C=O) groups is 1. The van der Waals surface area contributed by atoms with Crippen molar-refractivity contribution in [3.63, 3.8) is 0 Å². The molecule has 0 unspecified atom stereocenters. The second-order valence-corrected chi connectivity index (χ2v) is 3.71. The molecule has 0 amide bonds. The van der Waals surface area contributed by atoms with E-state index in [1.165, 1.54) is 12.1 Å². The molecule has 2 N–H and O–H groups in total. The fourth-order valence-electron chi connectivity index (χ4n) is 1.56. The Morgan fingerprint density at radius 3 is 2.44 bits per heavy atom. The van der Waals surface area contributed by atoms with Gasteiger partial charge in [0.15, 0.2) is 0 Å². The molecule has 4 heteroatoms. The standard InChI is InChI=1S/C14H12FNO2/c15-12-3-1-2-11(8-12)10-4-6-13(7-5-10)18-14(17)9-16/h1-8H,9,16H2. The second-order valence-electron chi connectivity index (χ2n) is 3.71. The lowest BCUT2D eigenvalue weighted by atomic mass is 10.1. The van der Waals surface area contributed by atoms with Crippen molar-refractivity contribution in [3.05, 3.63) is 54.3 Å². The van der Waals surface area contributed by atoms with Crippen LogP contribution in [0.4, 0.5) is 4.39 Å². The molecule has 0 aliphatic heterocycles. The van der Waals surface area contributed by atoms with Gasteiger partial charge in [-0.2, -0.15) is 0 Å². The summed E-state index contributed by atoms with van der Waals surface area (Å²) in [5.41, 5.74) is 6.76. The van der Waals surface area contributed by atoms with Crippen LogP contribution in [0.15, 0.2) is 48.5 Å². The van der Waals surface area contributed by atoms with E-state index in [9.17, 15) is 9.18 Å². The van der Waals surface area contributed by atoms with E-state index < -0.39 is 5.97 Å². The molecule has 0 aliphatic rings. The maximum Gasteiger partial charge on any atom is 0.325 e. The van der Waals surface area contributed by atoms with Crippen LogP contribution in [0.5, 0.6) is 5.75 Å². The molecule has 0 aromatic heterocycles. The quantitative estimate of drug-likeness (QED) is 0.667. The molecule has 3 nitrogen and oxygen atoms in total. The van der Waals surface area contributed by atoms with Gasteiger partial charge in [-0.3, -0.25) is 4.79 Å². The van der Waals surface area contributed by atoms with Gasteiger partial charge in [0.2, 0.25) is 0 Å². The molecule has 2 aromatic rings. The average molecular weight is 245 g/mol. The van der Waals surface area contributed by atoms with Crippen molar-refractivity contribution < 1.29 is 13.9 Å². The molecule has 0 spiro atoms. The number of hydrogen-bond donors (Lipinski definition) is 1. The third kappa shape index (κ3) is 2.93. The average Bonchev–Trinajstić information content (AvgIpc) is 2.39. The first kappa shape index (κ1) is 12.3. The van der Waals surface area contributed by atoms with Crippen LogP contribution in [0.3, 0.4) is 0 Å². The van der Waals surface area contributed by atoms with Gasteiger partial charge in [0.05, 0.1) is 6.54 Å². The van der Waals surface area contributed by atoms with Crippen LogP contribution in [0.2, 0.25) is 0 Å². The first-order chi connectivity index (χ1) is 8.69. The maximum atomic E-state index is 13.1. The zero-order chi connectivity index (χ0) is 13.0. The largest absolute Gasteiger partial charge is 0.426 e. The molecule has 0 atom stereocenters. The van der Waals surface area contributed by atoms with E-state index >= 15 is 0 Å². The van der Waals surface area contributed by atoms with Gasteiger partial charge in [-0.25, -0.2) is 4.39 Å². The van der Waals surface area contributed by atoms with E-state index in [4.69, 9.17) is 10.5 Å². The van der Waals surface area contributed by atoms with Crippen molar-refractivity contribution in [3.8, 4) is 16.9 Å². The molecule has 18 heavy (non-hydrogen) atoms. The summed E-state index contributed by atoms with van der Waals surface area (Å²) in [5.74, 6) is -0.356. The van der Waals surface area contributed by atoms with Crippen LogP contribution in [0.1, 0.15) is 0 Å². The van der Waals surface area contributed by atoms with Crippen LogP contribution >= 0.6 is 0 Å². The number of esters is 1. The van der Waals surface area contributed by atoms with Crippen molar-refractivity contribution in [2.24, 2.45) is 5.73 Å². The Bertz CT molecular complexity index is 552. The fourth-order valence-corrected chi connectivity index (χ4v) is 1.56.